The number of carbonyl (C=O) groups excluding carboxylic acids is 3. The second-order valence-electron chi connectivity index (χ2n) is 13.8. The Balaban J connectivity index is 0.764. The number of nitrogen functional groups attached to an aromatic ring is 2. The van der Waals surface area contributed by atoms with Crippen LogP contribution in [0.1, 0.15) is 41.6 Å². The molecule has 7 N–H and O–H groups in total. The quantitative estimate of drug-likeness (QED) is 0.0315. The van der Waals surface area contributed by atoms with E-state index in [-0.39, 0.29) is 49.8 Å². The van der Waals surface area contributed by atoms with Crippen molar-refractivity contribution < 1.29 is 47.2 Å². The number of nitrogens with two attached hydrogens (primary N) is 2. The molecule has 3 heterocycles. The van der Waals surface area contributed by atoms with E-state index in [0.717, 1.165) is 18.4 Å². The molecule has 20 heteroatoms. The average molecular weight is 873 g/mol. The Morgan fingerprint density at radius 2 is 1.33 bits per heavy atom. The Kier molecular flexibility index (Phi) is 20.5. The van der Waals surface area contributed by atoms with Gasteiger partial charge in [-0.2, -0.15) is 10.1 Å². The number of ether oxygens (including phenoxy) is 6. The first kappa shape index (κ1) is 47.8. The lowest BCUT2D eigenvalue weighted by Crippen LogP contribution is -2.28. The first-order chi connectivity index (χ1) is 30.8. The largest absolute Gasteiger partial charge is 0.424 e. The van der Waals surface area contributed by atoms with Crippen molar-refractivity contribution in [1.29, 1.82) is 0 Å². The molecule has 5 rings (SSSR count). The summed E-state index contributed by atoms with van der Waals surface area (Å²) in [5.41, 5.74) is 16.3. The van der Waals surface area contributed by atoms with Crippen LogP contribution in [0.25, 0.3) is 33.4 Å². The van der Waals surface area contributed by atoms with Gasteiger partial charge in [-0.3, -0.25) is 14.4 Å². The number of nitrogens with zero attached hydrogens (tertiary/aromatic N) is 5. The molecule has 0 bridgehead atoms. The molecule has 338 valence electrons. The van der Waals surface area contributed by atoms with Crippen LogP contribution in [0.15, 0.2) is 53.2 Å². The number of nitrogens with one attached hydrogen (secondary N) is 3. The van der Waals surface area contributed by atoms with Gasteiger partial charge in [0.1, 0.15) is 23.4 Å². The van der Waals surface area contributed by atoms with Crippen molar-refractivity contribution in [3.05, 3.63) is 59.9 Å². The van der Waals surface area contributed by atoms with Crippen molar-refractivity contribution in [1.82, 2.24) is 40.7 Å². The number of rotatable bonds is 31. The van der Waals surface area contributed by atoms with Crippen LogP contribution in [0.5, 0.6) is 0 Å². The Labute approximate surface area is 365 Å². The summed E-state index contributed by atoms with van der Waals surface area (Å²) in [6, 6.07) is 12.4. The Bertz CT molecular complexity index is 2240. The van der Waals surface area contributed by atoms with Crippen molar-refractivity contribution in [2.45, 2.75) is 32.2 Å². The molecule has 0 aliphatic rings. The van der Waals surface area contributed by atoms with Gasteiger partial charge in [-0.25, -0.2) is 14.6 Å². The number of carbonyl (C=O) groups is 3. The van der Waals surface area contributed by atoms with E-state index in [1.807, 2.05) is 12.1 Å². The van der Waals surface area contributed by atoms with Crippen LogP contribution in [-0.2, 0) is 44.6 Å². The Morgan fingerprint density at radius 3 is 2.00 bits per heavy atom. The normalized spacial score (nSPS) is 11.2. The number of amides is 3. The maximum atomic E-state index is 12.3. The molecule has 0 aliphatic carbocycles. The third kappa shape index (κ3) is 16.5. The van der Waals surface area contributed by atoms with Crippen LogP contribution in [0.4, 0.5) is 11.8 Å². The van der Waals surface area contributed by atoms with Crippen LogP contribution >= 0.6 is 0 Å². The zero-order valence-corrected chi connectivity index (χ0v) is 35.3. The highest BCUT2D eigenvalue weighted by atomic mass is 16.5. The van der Waals surface area contributed by atoms with Gasteiger partial charge in [-0.05, 0) is 49.2 Å². The van der Waals surface area contributed by atoms with Crippen molar-refractivity contribution in [3.8, 4) is 23.6 Å². The molecule has 5 aromatic rings. The number of anilines is 2. The Hall–Kier alpha value is -6.21. The van der Waals surface area contributed by atoms with Gasteiger partial charge in [-0.15, -0.1) is 6.42 Å². The number of unbranched alkanes of at least 4 members (excludes halogenated alkanes) is 1. The second kappa shape index (κ2) is 27.0. The molecule has 2 aromatic carbocycles. The maximum Gasteiger partial charge on any atom is 0.292 e. The minimum absolute atomic E-state index is 0.0881. The summed E-state index contributed by atoms with van der Waals surface area (Å²) in [7, 11) is 0. The fourth-order valence-corrected chi connectivity index (χ4v) is 6.04. The van der Waals surface area contributed by atoms with E-state index in [0.29, 0.717) is 137 Å². The topological polar surface area (TPSA) is 264 Å². The molecular formula is C43H56N10O10. The maximum absolute atomic E-state index is 12.3. The lowest BCUT2D eigenvalue weighted by Gasteiger charge is -2.09. The van der Waals surface area contributed by atoms with Gasteiger partial charge in [0.15, 0.2) is 11.2 Å². The monoisotopic (exact) mass is 872 g/mol. The standard InChI is InChI=1S/C43H56N10O10/c1-2-31-6-5-7-33(28-31)42(56)48-14-19-60-23-27-62-25-21-58-17-11-37(55)47-13-18-59-22-26-61-24-20-57-16-10-36(54)46-12-3-4-15-53-41-38(40(44)49-30-50-41)39(52-53)32-8-9-35-34(29-32)51-43(45)63-35/h1,5-9,28-30H,3-4,10-27H2,(H2,45,51)(H,46,54)(H,47,55)(H,48,56)(H2,44,49,50). The van der Waals surface area contributed by atoms with Gasteiger partial charge in [0.2, 0.25) is 11.8 Å². The second-order valence-corrected chi connectivity index (χ2v) is 13.8. The smallest absolute Gasteiger partial charge is 0.292 e. The summed E-state index contributed by atoms with van der Waals surface area (Å²) in [4.78, 5) is 49.2. The number of oxazole rings is 1. The fourth-order valence-electron chi connectivity index (χ4n) is 6.04. The molecule has 0 aliphatic heterocycles. The molecule has 0 atom stereocenters. The van der Waals surface area contributed by atoms with Crippen molar-refractivity contribution in [2.75, 3.05) is 110 Å². The zero-order valence-electron chi connectivity index (χ0n) is 35.3. The lowest BCUT2D eigenvalue weighted by atomic mass is 10.1. The Morgan fingerprint density at radius 1 is 0.714 bits per heavy atom. The molecule has 20 nitrogen and oxygen atoms in total. The van der Waals surface area contributed by atoms with E-state index in [1.54, 1.807) is 35.0 Å². The third-order valence-corrected chi connectivity index (χ3v) is 9.18. The summed E-state index contributed by atoms with van der Waals surface area (Å²) in [5, 5.41) is 13.9. The number of hydrogen-bond acceptors (Lipinski definition) is 16. The zero-order chi connectivity index (χ0) is 44.5. The highest BCUT2D eigenvalue weighted by Gasteiger charge is 2.18. The number of aromatic nitrogens is 5. The van der Waals surface area contributed by atoms with Gasteiger partial charge < -0.3 is 60.3 Å². The SMILES string of the molecule is C#Cc1cccc(C(=O)NCCOCCOCCOCCC(=O)NCCOCCOCCOCCC(=O)NCCCCn2nc(-c3ccc4oc(N)nc4c3)c3c(N)ncnc32)c1. The first-order valence-corrected chi connectivity index (χ1v) is 20.8. The molecule has 0 fully saturated rings. The first-order valence-electron chi connectivity index (χ1n) is 20.8. The van der Waals surface area contributed by atoms with Crippen molar-refractivity contribution in [3.63, 3.8) is 0 Å². The number of benzene rings is 2. The van der Waals surface area contributed by atoms with Crippen LogP contribution in [0.2, 0.25) is 0 Å². The van der Waals surface area contributed by atoms with E-state index < -0.39 is 0 Å². The van der Waals surface area contributed by atoms with Gasteiger partial charge in [0.05, 0.1) is 84.7 Å². The van der Waals surface area contributed by atoms with Crippen LogP contribution in [-0.4, -0.2) is 141 Å². The number of aryl methyl sites for hydroxylation is 1. The minimum atomic E-state index is -0.210. The summed E-state index contributed by atoms with van der Waals surface area (Å²) in [6.07, 6.45) is 8.74. The number of hydrogen-bond donors (Lipinski definition) is 5. The van der Waals surface area contributed by atoms with Crippen LogP contribution in [0, 0.1) is 12.3 Å². The molecular weight excluding hydrogens is 817 g/mol. The van der Waals surface area contributed by atoms with E-state index in [9.17, 15) is 14.4 Å². The van der Waals surface area contributed by atoms with Gasteiger partial charge in [-0.1, -0.05) is 12.0 Å². The third-order valence-electron chi connectivity index (χ3n) is 9.18. The molecule has 0 spiro atoms. The predicted octanol–water partition coefficient (Wildman–Crippen LogP) is 2.10. The minimum Gasteiger partial charge on any atom is -0.424 e. The number of fused-ring (bicyclic) bond motifs is 2. The molecule has 0 unspecified atom stereocenters. The lowest BCUT2D eigenvalue weighted by molar-refractivity contribution is -0.123. The van der Waals surface area contributed by atoms with Crippen LogP contribution in [0.3, 0.4) is 0 Å². The fraction of sp³-hybridized carbons (Fsp3) is 0.465. The highest BCUT2D eigenvalue weighted by Crippen LogP contribution is 2.32. The molecule has 0 saturated heterocycles. The predicted molar refractivity (Wildman–Crippen MR) is 233 cm³/mol. The highest BCUT2D eigenvalue weighted by molar-refractivity contribution is 5.99. The summed E-state index contributed by atoms with van der Waals surface area (Å²) < 4.78 is 40.0. The number of terminal acetylenes is 1. The van der Waals surface area contributed by atoms with Gasteiger partial charge in [0, 0.05) is 55.7 Å². The van der Waals surface area contributed by atoms with Crippen molar-refractivity contribution >= 4 is 51.7 Å². The molecule has 3 amide bonds. The van der Waals surface area contributed by atoms with Crippen molar-refractivity contribution in [2.24, 2.45) is 0 Å². The van der Waals surface area contributed by atoms with E-state index in [2.05, 4.69) is 36.8 Å². The summed E-state index contributed by atoms with van der Waals surface area (Å²) in [5.74, 6) is 2.40. The molecule has 0 radical (unpaired) electrons. The molecule has 63 heavy (non-hydrogen) atoms. The van der Waals surface area contributed by atoms with Gasteiger partial charge in [0.25, 0.3) is 11.9 Å². The average Bonchev–Trinajstić information content (AvgIpc) is 3.86. The molecule has 0 saturated carbocycles. The molecule has 3 aromatic heterocycles. The summed E-state index contributed by atoms with van der Waals surface area (Å²) in [6.45, 7) is 6.08. The van der Waals surface area contributed by atoms with Crippen LogP contribution < -0.4 is 27.4 Å². The van der Waals surface area contributed by atoms with E-state index >= 15 is 0 Å². The summed E-state index contributed by atoms with van der Waals surface area (Å²) >= 11 is 0. The van der Waals surface area contributed by atoms with E-state index in [1.165, 1.54) is 6.33 Å². The van der Waals surface area contributed by atoms with E-state index in [4.69, 9.17) is 55.8 Å². The van der Waals surface area contributed by atoms with Gasteiger partial charge >= 0.3 is 0 Å².